The van der Waals surface area contributed by atoms with Crippen molar-refractivity contribution in [3.05, 3.63) is 59.5 Å². The Hall–Kier alpha value is -2.47. The average Bonchev–Trinajstić information content (AvgIpc) is 3.14. The maximum Gasteiger partial charge on any atom is 0.254 e. The first-order valence-electron chi connectivity index (χ1n) is 9.60. The van der Waals surface area contributed by atoms with Crippen molar-refractivity contribution in [1.82, 2.24) is 15.2 Å². The van der Waals surface area contributed by atoms with Gasteiger partial charge in [-0.15, -0.1) is 0 Å². The molecule has 1 amide bonds. The fourth-order valence-corrected chi connectivity index (χ4v) is 3.99. The Morgan fingerprint density at radius 1 is 1.26 bits per heavy atom. The van der Waals surface area contributed by atoms with Gasteiger partial charge < -0.3 is 15.1 Å². The number of rotatable bonds is 3. The first-order chi connectivity index (χ1) is 13.1. The molecule has 0 radical (unpaired) electrons. The SMILES string of the molecule is CC1CCN(c2cc(C(=O)N3CCNCC3c3cccc(F)c3)ccn2)C1. The number of benzene rings is 1. The minimum absolute atomic E-state index is 0.0262. The Bertz CT molecular complexity index is 827. The van der Waals surface area contributed by atoms with Crippen LogP contribution < -0.4 is 10.2 Å². The largest absolute Gasteiger partial charge is 0.356 e. The molecule has 2 aliphatic rings. The minimum Gasteiger partial charge on any atom is -0.356 e. The molecular weight excluding hydrogens is 343 g/mol. The number of anilines is 1. The van der Waals surface area contributed by atoms with Crippen molar-refractivity contribution >= 4 is 11.7 Å². The fraction of sp³-hybridized carbons (Fsp3) is 0.429. The van der Waals surface area contributed by atoms with E-state index in [1.165, 1.54) is 12.1 Å². The zero-order valence-corrected chi connectivity index (χ0v) is 15.6. The van der Waals surface area contributed by atoms with Gasteiger partial charge in [0.25, 0.3) is 5.91 Å². The summed E-state index contributed by atoms with van der Waals surface area (Å²) in [4.78, 5) is 21.8. The van der Waals surface area contributed by atoms with Crippen LogP contribution in [0, 0.1) is 11.7 Å². The van der Waals surface area contributed by atoms with Crippen LogP contribution in [0.3, 0.4) is 0 Å². The van der Waals surface area contributed by atoms with E-state index in [1.807, 2.05) is 17.0 Å². The number of pyridine rings is 1. The van der Waals surface area contributed by atoms with Crippen LogP contribution in [0.1, 0.15) is 35.3 Å². The predicted molar refractivity (Wildman–Crippen MR) is 103 cm³/mol. The maximum absolute atomic E-state index is 13.7. The number of hydrogen-bond donors (Lipinski definition) is 1. The number of carbonyl (C=O) groups is 1. The van der Waals surface area contributed by atoms with E-state index in [1.54, 1.807) is 18.3 Å². The van der Waals surface area contributed by atoms with Gasteiger partial charge in [0.2, 0.25) is 0 Å². The zero-order chi connectivity index (χ0) is 18.8. The van der Waals surface area contributed by atoms with Gasteiger partial charge in [-0.25, -0.2) is 9.37 Å². The van der Waals surface area contributed by atoms with Gasteiger partial charge in [-0.1, -0.05) is 19.1 Å². The standard InChI is InChI=1S/C21H25FN4O/c1-15-6-9-25(14-15)20-12-17(5-7-24-20)21(27)26-10-8-23-13-19(26)16-3-2-4-18(22)11-16/h2-5,7,11-12,15,19,23H,6,8-10,13-14H2,1H3. The van der Waals surface area contributed by atoms with E-state index in [-0.39, 0.29) is 17.8 Å². The first kappa shape index (κ1) is 17.9. The second-order valence-electron chi connectivity index (χ2n) is 7.52. The van der Waals surface area contributed by atoms with Gasteiger partial charge in [-0.2, -0.15) is 0 Å². The van der Waals surface area contributed by atoms with Crippen LogP contribution in [0.25, 0.3) is 0 Å². The van der Waals surface area contributed by atoms with Gasteiger partial charge >= 0.3 is 0 Å². The van der Waals surface area contributed by atoms with Gasteiger partial charge in [0.05, 0.1) is 6.04 Å². The molecule has 2 aromatic rings. The second-order valence-corrected chi connectivity index (χ2v) is 7.52. The van der Waals surface area contributed by atoms with E-state index in [4.69, 9.17) is 0 Å². The highest BCUT2D eigenvalue weighted by molar-refractivity contribution is 5.95. The molecule has 6 heteroatoms. The normalized spacial score (nSPS) is 22.9. The highest BCUT2D eigenvalue weighted by Crippen LogP contribution is 2.27. The summed E-state index contributed by atoms with van der Waals surface area (Å²) < 4.78 is 13.7. The number of piperazine rings is 1. The lowest BCUT2D eigenvalue weighted by Gasteiger charge is -2.36. The number of carbonyl (C=O) groups excluding carboxylic acids is 1. The molecule has 0 bridgehead atoms. The van der Waals surface area contributed by atoms with Crippen molar-refractivity contribution in [2.45, 2.75) is 19.4 Å². The fourth-order valence-electron chi connectivity index (χ4n) is 3.99. The lowest BCUT2D eigenvalue weighted by atomic mass is 10.0. The van der Waals surface area contributed by atoms with Crippen molar-refractivity contribution in [2.75, 3.05) is 37.6 Å². The van der Waals surface area contributed by atoms with E-state index >= 15 is 0 Å². The molecular formula is C21H25FN4O. The molecule has 2 saturated heterocycles. The van der Waals surface area contributed by atoms with Crippen molar-refractivity contribution in [2.24, 2.45) is 5.92 Å². The van der Waals surface area contributed by atoms with E-state index in [0.717, 1.165) is 37.4 Å². The van der Waals surface area contributed by atoms with Crippen LogP contribution in [-0.2, 0) is 0 Å². The van der Waals surface area contributed by atoms with Gasteiger partial charge in [-0.3, -0.25) is 4.79 Å². The topological polar surface area (TPSA) is 48.5 Å². The summed E-state index contributed by atoms with van der Waals surface area (Å²) in [6.07, 6.45) is 2.87. The zero-order valence-electron chi connectivity index (χ0n) is 15.6. The third kappa shape index (κ3) is 3.81. The van der Waals surface area contributed by atoms with Crippen molar-refractivity contribution < 1.29 is 9.18 Å². The monoisotopic (exact) mass is 368 g/mol. The quantitative estimate of drug-likeness (QED) is 0.905. The molecule has 1 N–H and O–H groups in total. The van der Waals surface area contributed by atoms with E-state index < -0.39 is 0 Å². The summed E-state index contributed by atoms with van der Waals surface area (Å²) >= 11 is 0. The Morgan fingerprint density at radius 3 is 2.93 bits per heavy atom. The summed E-state index contributed by atoms with van der Waals surface area (Å²) in [6, 6.07) is 10.0. The highest BCUT2D eigenvalue weighted by atomic mass is 19.1. The van der Waals surface area contributed by atoms with Gasteiger partial charge in [0, 0.05) is 44.5 Å². The minimum atomic E-state index is -0.278. The molecule has 5 nitrogen and oxygen atoms in total. The van der Waals surface area contributed by atoms with Gasteiger partial charge in [0.15, 0.2) is 0 Å². The van der Waals surface area contributed by atoms with Crippen LogP contribution in [0.4, 0.5) is 10.2 Å². The van der Waals surface area contributed by atoms with E-state index in [0.29, 0.717) is 24.6 Å². The molecule has 27 heavy (non-hydrogen) atoms. The summed E-state index contributed by atoms with van der Waals surface area (Å²) in [5.41, 5.74) is 1.46. The number of amides is 1. The molecule has 142 valence electrons. The molecule has 2 aliphatic heterocycles. The predicted octanol–water partition coefficient (Wildman–Crippen LogP) is 2.85. The summed E-state index contributed by atoms with van der Waals surface area (Å²) in [5.74, 6) is 1.21. The van der Waals surface area contributed by atoms with Crippen LogP contribution >= 0.6 is 0 Å². The number of aromatic nitrogens is 1. The lowest BCUT2D eigenvalue weighted by Crippen LogP contribution is -2.48. The van der Waals surface area contributed by atoms with Gasteiger partial charge in [-0.05, 0) is 42.2 Å². The van der Waals surface area contributed by atoms with Crippen LogP contribution in [0.15, 0.2) is 42.6 Å². The van der Waals surface area contributed by atoms with E-state index in [2.05, 4.69) is 22.1 Å². The second kappa shape index (κ2) is 7.64. The number of nitrogens with one attached hydrogen (secondary N) is 1. The smallest absolute Gasteiger partial charge is 0.254 e. The first-order valence-corrected chi connectivity index (χ1v) is 9.60. The number of nitrogens with zero attached hydrogens (tertiary/aromatic N) is 3. The Kier molecular flexibility index (Phi) is 5.07. The summed E-state index contributed by atoms with van der Waals surface area (Å²) in [5, 5.41) is 3.31. The molecule has 2 unspecified atom stereocenters. The molecule has 2 fully saturated rings. The van der Waals surface area contributed by atoms with Crippen LogP contribution in [-0.4, -0.2) is 48.5 Å². The molecule has 0 saturated carbocycles. The number of halogens is 1. The number of hydrogen-bond acceptors (Lipinski definition) is 4. The Morgan fingerprint density at radius 2 is 2.15 bits per heavy atom. The molecule has 0 aliphatic carbocycles. The van der Waals surface area contributed by atoms with Crippen molar-refractivity contribution in [3.63, 3.8) is 0 Å². The summed E-state index contributed by atoms with van der Waals surface area (Å²) in [7, 11) is 0. The van der Waals surface area contributed by atoms with E-state index in [9.17, 15) is 9.18 Å². The molecule has 0 spiro atoms. The molecule has 1 aromatic heterocycles. The average molecular weight is 368 g/mol. The van der Waals surface area contributed by atoms with Gasteiger partial charge in [0.1, 0.15) is 11.6 Å². The molecule has 1 aromatic carbocycles. The molecule has 2 atom stereocenters. The summed E-state index contributed by atoms with van der Waals surface area (Å²) in [6.45, 7) is 6.14. The van der Waals surface area contributed by atoms with Crippen LogP contribution in [0.2, 0.25) is 0 Å². The molecule has 4 rings (SSSR count). The van der Waals surface area contributed by atoms with Crippen molar-refractivity contribution in [3.8, 4) is 0 Å². The Balaban J connectivity index is 1.59. The Labute approximate surface area is 159 Å². The van der Waals surface area contributed by atoms with Crippen LogP contribution in [0.5, 0.6) is 0 Å². The lowest BCUT2D eigenvalue weighted by molar-refractivity contribution is 0.0634. The molecule has 3 heterocycles. The highest BCUT2D eigenvalue weighted by Gasteiger charge is 2.29. The third-order valence-electron chi connectivity index (χ3n) is 5.48. The maximum atomic E-state index is 13.7. The van der Waals surface area contributed by atoms with Crippen molar-refractivity contribution in [1.29, 1.82) is 0 Å². The third-order valence-corrected chi connectivity index (χ3v) is 5.48.